The first-order valence-corrected chi connectivity index (χ1v) is 6.87. The Labute approximate surface area is 104 Å². The Bertz CT molecular complexity index is 264. The van der Waals surface area contributed by atoms with Crippen LogP contribution in [0.3, 0.4) is 0 Å². The Morgan fingerprint density at radius 1 is 1.18 bits per heavy atom. The zero-order chi connectivity index (χ0) is 12.3. The minimum Gasteiger partial charge on any atom is -0.341 e. The SMILES string of the molecule is CC(C)C1(C(=O)N2CCCNCC2)CCNC1. The summed E-state index contributed by atoms with van der Waals surface area (Å²) >= 11 is 0. The highest BCUT2D eigenvalue weighted by molar-refractivity contribution is 5.83. The average molecular weight is 239 g/mol. The van der Waals surface area contributed by atoms with Crippen molar-refractivity contribution >= 4 is 5.91 Å². The summed E-state index contributed by atoms with van der Waals surface area (Å²) in [4.78, 5) is 14.9. The first-order chi connectivity index (χ1) is 8.17. The second kappa shape index (κ2) is 5.36. The summed E-state index contributed by atoms with van der Waals surface area (Å²) in [5.74, 6) is 0.794. The summed E-state index contributed by atoms with van der Waals surface area (Å²) in [7, 11) is 0. The maximum Gasteiger partial charge on any atom is 0.230 e. The summed E-state index contributed by atoms with van der Waals surface area (Å²) in [5.41, 5.74) is -0.148. The zero-order valence-corrected chi connectivity index (χ0v) is 11.1. The minimum atomic E-state index is -0.148. The number of carbonyl (C=O) groups is 1. The van der Waals surface area contributed by atoms with Gasteiger partial charge in [-0.1, -0.05) is 13.8 Å². The highest BCUT2D eigenvalue weighted by Gasteiger charge is 2.45. The third-order valence-electron chi connectivity index (χ3n) is 4.35. The Kier molecular flexibility index (Phi) is 4.05. The van der Waals surface area contributed by atoms with Gasteiger partial charge in [-0.2, -0.15) is 0 Å². The fourth-order valence-electron chi connectivity index (χ4n) is 3.00. The summed E-state index contributed by atoms with van der Waals surface area (Å²) in [5, 5.41) is 6.72. The van der Waals surface area contributed by atoms with Crippen LogP contribution in [-0.4, -0.2) is 50.1 Å². The van der Waals surface area contributed by atoms with Gasteiger partial charge in [0.15, 0.2) is 0 Å². The van der Waals surface area contributed by atoms with Gasteiger partial charge >= 0.3 is 0 Å². The van der Waals surface area contributed by atoms with Gasteiger partial charge in [0.2, 0.25) is 5.91 Å². The first-order valence-electron chi connectivity index (χ1n) is 6.87. The molecule has 0 spiro atoms. The van der Waals surface area contributed by atoms with Gasteiger partial charge in [-0.25, -0.2) is 0 Å². The van der Waals surface area contributed by atoms with Gasteiger partial charge in [-0.3, -0.25) is 4.79 Å². The quantitative estimate of drug-likeness (QED) is 0.735. The molecule has 4 nitrogen and oxygen atoms in total. The number of nitrogens with zero attached hydrogens (tertiary/aromatic N) is 1. The third kappa shape index (κ3) is 2.47. The highest BCUT2D eigenvalue weighted by atomic mass is 16.2. The predicted octanol–water partition coefficient (Wildman–Crippen LogP) is 0.444. The molecule has 2 heterocycles. The van der Waals surface area contributed by atoms with Gasteiger partial charge in [0.1, 0.15) is 0 Å². The molecule has 2 rings (SSSR count). The Morgan fingerprint density at radius 3 is 2.65 bits per heavy atom. The lowest BCUT2D eigenvalue weighted by Crippen LogP contribution is -2.49. The molecule has 0 saturated carbocycles. The van der Waals surface area contributed by atoms with Crippen molar-refractivity contribution in [2.75, 3.05) is 39.3 Å². The molecule has 0 aliphatic carbocycles. The maximum absolute atomic E-state index is 12.8. The summed E-state index contributed by atoms with van der Waals surface area (Å²) in [6.45, 7) is 9.96. The highest BCUT2D eigenvalue weighted by Crippen LogP contribution is 2.36. The van der Waals surface area contributed by atoms with E-state index < -0.39 is 0 Å². The van der Waals surface area contributed by atoms with E-state index in [0.29, 0.717) is 11.8 Å². The molecule has 0 aromatic rings. The van der Waals surface area contributed by atoms with E-state index in [-0.39, 0.29) is 5.41 Å². The Balaban J connectivity index is 2.10. The van der Waals surface area contributed by atoms with Crippen LogP contribution in [0.4, 0.5) is 0 Å². The lowest BCUT2D eigenvalue weighted by molar-refractivity contribution is -0.143. The van der Waals surface area contributed by atoms with E-state index >= 15 is 0 Å². The molecule has 1 amide bonds. The lowest BCUT2D eigenvalue weighted by Gasteiger charge is -2.36. The lowest BCUT2D eigenvalue weighted by atomic mass is 9.75. The number of hydrogen-bond donors (Lipinski definition) is 2. The molecular formula is C13H25N3O. The largest absolute Gasteiger partial charge is 0.341 e. The van der Waals surface area contributed by atoms with Crippen LogP contribution in [0.5, 0.6) is 0 Å². The van der Waals surface area contributed by atoms with Crippen molar-refractivity contribution in [1.82, 2.24) is 15.5 Å². The van der Waals surface area contributed by atoms with Gasteiger partial charge in [-0.05, 0) is 31.8 Å². The van der Waals surface area contributed by atoms with Crippen LogP contribution in [0.15, 0.2) is 0 Å². The van der Waals surface area contributed by atoms with Gasteiger partial charge in [0.05, 0.1) is 5.41 Å². The summed E-state index contributed by atoms with van der Waals surface area (Å²) in [6, 6.07) is 0. The van der Waals surface area contributed by atoms with Crippen molar-refractivity contribution in [3.63, 3.8) is 0 Å². The van der Waals surface area contributed by atoms with Crippen molar-refractivity contribution < 1.29 is 4.79 Å². The van der Waals surface area contributed by atoms with Crippen LogP contribution in [0.1, 0.15) is 26.7 Å². The van der Waals surface area contributed by atoms with Crippen molar-refractivity contribution in [3.8, 4) is 0 Å². The molecule has 0 bridgehead atoms. The van der Waals surface area contributed by atoms with Crippen molar-refractivity contribution in [1.29, 1.82) is 0 Å². The molecule has 0 radical (unpaired) electrons. The first kappa shape index (κ1) is 12.8. The van der Waals surface area contributed by atoms with Gasteiger partial charge < -0.3 is 15.5 Å². The molecular weight excluding hydrogens is 214 g/mol. The molecule has 2 fully saturated rings. The fourth-order valence-corrected chi connectivity index (χ4v) is 3.00. The topological polar surface area (TPSA) is 44.4 Å². The van der Waals surface area contributed by atoms with Crippen LogP contribution in [-0.2, 0) is 4.79 Å². The van der Waals surface area contributed by atoms with Crippen LogP contribution in [0.25, 0.3) is 0 Å². The van der Waals surface area contributed by atoms with Gasteiger partial charge in [-0.15, -0.1) is 0 Å². The predicted molar refractivity (Wildman–Crippen MR) is 68.8 cm³/mol. The summed E-state index contributed by atoms with van der Waals surface area (Å²) in [6.07, 6.45) is 2.07. The van der Waals surface area contributed by atoms with Crippen LogP contribution in [0, 0.1) is 11.3 Å². The van der Waals surface area contributed by atoms with Crippen LogP contribution < -0.4 is 10.6 Å². The van der Waals surface area contributed by atoms with E-state index in [1.807, 2.05) is 0 Å². The molecule has 4 heteroatoms. The molecule has 2 saturated heterocycles. The molecule has 98 valence electrons. The van der Waals surface area contributed by atoms with Crippen LogP contribution >= 0.6 is 0 Å². The second-order valence-corrected chi connectivity index (χ2v) is 5.63. The number of amides is 1. The van der Waals surface area contributed by atoms with E-state index in [9.17, 15) is 4.79 Å². The second-order valence-electron chi connectivity index (χ2n) is 5.63. The average Bonchev–Trinajstić information content (AvgIpc) is 2.66. The Morgan fingerprint density at radius 2 is 2.00 bits per heavy atom. The van der Waals surface area contributed by atoms with E-state index in [1.54, 1.807) is 0 Å². The van der Waals surface area contributed by atoms with Crippen molar-refractivity contribution in [2.24, 2.45) is 11.3 Å². The van der Waals surface area contributed by atoms with E-state index in [2.05, 4.69) is 29.4 Å². The van der Waals surface area contributed by atoms with Crippen LogP contribution in [0.2, 0.25) is 0 Å². The number of hydrogen-bond acceptors (Lipinski definition) is 3. The smallest absolute Gasteiger partial charge is 0.230 e. The molecule has 0 aromatic carbocycles. The molecule has 1 atom stereocenters. The van der Waals surface area contributed by atoms with Gasteiger partial charge in [0.25, 0.3) is 0 Å². The normalized spacial score (nSPS) is 30.6. The monoisotopic (exact) mass is 239 g/mol. The number of rotatable bonds is 2. The van der Waals surface area contributed by atoms with Crippen molar-refractivity contribution in [2.45, 2.75) is 26.7 Å². The standard InChI is InChI=1S/C13H25N3O/c1-11(2)13(4-6-15-10-13)12(17)16-8-3-5-14-7-9-16/h11,14-15H,3-10H2,1-2H3. The zero-order valence-electron chi connectivity index (χ0n) is 11.1. The molecule has 1 unspecified atom stereocenters. The fraction of sp³-hybridized carbons (Fsp3) is 0.923. The van der Waals surface area contributed by atoms with E-state index in [0.717, 1.165) is 52.1 Å². The Hall–Kier alpha value is -0.610. The minimum absolute atomic E-state index is 0.148. The molecule has 2 aliphatic heterocycles. The molecule has 2 aliphatic rings. The maximum atomic E-state index is 12.8. The summed E-state index contributed by atoms with van der Waals surface area (Å²) < 4.78 is 0. The molecule has 0 aromatic heterocycles. The van der Waals surface area contributed by atoms with Crippen molar-refractivity contribution in [3.05, 3.63) is 0 Å². The van der Waals surface area contributed by atoms with E-state index in [4.69, 9.17) is 0 Å². The van der Waals surface area contributed by atoms with E-state index in [1.165, 1.54) is 0 Å². The van der Waals surface area contributed by atoms with Gasteiger partial charge in [0, 0.05) is 26.2 Å². The number of nitrogens with one attached hydrogen (secondary N) is 2. The third-order valence-corrected chi connectivity index (χ3v) is 4.35. The molecule has 17 heavy (non-hydrogen) atoms. The number of carbonyl (C=O) groups excluding carboxylic acids is 1. The molecule has 2 N–H and O–H groups in total.